The molecule has 4 heteroatoms. The number of likely N-dealkylation sites (N-methyl/N-ethyl adjacent to an activating group) is 1. The number of rotatable bonds is 7. The Morgan fingerprint density at radius 2 is 1.86 bits per heavy atom. The maximum Gasteiger partial charge on any atom is 0.119 e. The van der Waals surface area contributed by atoms with Gasteiger partial charge in [-0.15, -0.1) is 0 Å². The van der Waals surface area contributed by atoms with Gasteiger partial charge in [0, 0.05) is 38.8 Å². The van der Waals surface area contributed by atoms with Crippen LogP contribution < -0.4 is 10.1 Å². The van der Waals surface area contributed by atoms with Gasteiger partial charge in [0.1, 0.15) is 5.75 Å². The molecule has 1 aromatic rings. The van der Waals surface area contributed by atoms with Crippen molar-refractivity contribution in [2.24, 2.45) is 0 Å². The van der Waals surface area contributed by atoms with Crippen LogP contribution in [0.25, 0.3) is 0 Å². The molecule has 2 rings (SSSR count). The van der Waals surface area contributed by atoms with Gasteiger partial charge in [0.15, 0.2) is 0 Å². The second-order valence-electron chi connectivity index (χ2n) is 5.95. The van der Waals surface area contributed by atoms with Gasteiger partial charge in [0.25, 0.3) is 0 Å². The third-order valence-corrected chi connectivity index (χ3v) is 4.00. The van der Waals surface area contributed by atoms with E-state index < -0.39 is 0 Å². The lowest BCUT2D eigenvalue weighted by atomic mass is 10.0. The smallest absolute Gasteiger partial charge is 0.119 e. The fraction of sp³-hybridized carbons (Fsp3) is 0.647. The molecule has 0 amide bonds. The van der Waals surface area contributed by atoms with Gasteiger partial charge in [-0.25, -0.2) is 0 Å². The average Bonchev–Trinajstić information content (AvgIpc) is 2.52. The minimum atomic E-state index is 0.434. The SMILES string of the molecule is CCCOc1ccc(C(CN2CCNCC2)N(C)C)cc1. The Morgan fingerprint density at radius 1 is 1.19 bits per heavy atom. The van der Waals surface area contributed by atoms with Crippen LogP contribution >= 0.6 is 0 Å². The Labute approximate surface area is 129 Å². The van der Waals surface area contributed by atoms with Crippen molar-refractivity contribution in [2.45, 2.75) is 19.4 Å². The predicted molar refractivity (Wildman–Crippen MR) is 88.0 cm³/mol. The molecular formula is C17H29N3O. The second kappa shape index (κ2) is 8.37. The molecule has 118 valence electrons. The lowest BCUT2D eigenvalue weighted by molar-refractivity contribution is 0.168. The third kappa shape index (κ3) is 4.99. The second-order valence-corrected chi connectivity index (χ2v) is 5.95. The summed E-state index contributed by atoms with van der Waals surface area (Å²) in [5.41, 5.74) is 1.36. The largest absolute Gasteiger partial charge is 0.494 e. The fourth-order valence-electron chi connectivity index (χ4n) is 2.71. The molecule has 1 heterocycles. The standard InChI is InChI=1S/C17H29N3O/c1-4-13-21-16-7-5-15(6-8-16)17(19(2)3)14-20-11-9-18-10-12-20/h5-8,17-18H,4,9-14H2,1-3H3. The summed E-state index contributed by atoms with van der Waals surface area (Å²) in [7, 11) is 4.32. The van der Waals surface area contributed by atoms with Gasteiger partial charge in [0.2, 0.25) is 0 Å². The predicted octanol–water partition coefficient (Wildman–Crippen LogP) is 1.98. The minimum Gasteiger partial charge on any atom is -0.494 e. The quantitative estimate of drug-likeness (QED) is 0.831. The van der Waals surface area contributed by atoms with Crippen molar-refractivity contribution in [1.82, 2.24) is 15.1 Å². The Bertz CT molecular complexity index is 399. The van der Waals surface area contributed by atoms with E-state index in [0.29, 0.717) is 6.04 Å². The molecule has 1 N–H and O–H groups in total. The monoisotopic (exact) mass is 291 g/mol. The van der Waals surface area contributed by atoms with Crippen LogP contribution in [-0.4, -0.2) is 63.2 Å². The number of nitrogens with one attached hydrogen (secondary N) is 1. The highest BCUT2D eigenvalue weighted by molar-refractivity contribution is 5.29. The van der Waals surface area contributed by atoms with Gasteiger partial charge in [-0.05, 0) is 38.2 Å². The molecule has 0 radical (unpaired) electrons. The van der Waals surface area contributed by atoms with Crippen LogP contribution in [0, 0.1) is 0 Å². The summed E-state index contributed by atoms with van der Waals surface area (Å²) in [4.78, 5) is 4.85. The molecule has 1 atom stereocenters. The van der Waals surface area contributed by atoms with Crippen LogP contribution in [0.4, 0.5) is 0 Å². The first-order chi connectivity index (χ1) is 10.2. The highest BCUT2D eigenvalue weighted by Gasteiger charge is 2.19. The zero-order valence-corrected chi connectivity index (χ0v) is 13.6. The van der Waals surface area contributed by atoms with E-state index >= 15 is 0 Å². The van der Waals surface area contributed by atoms with Crippen molar-refractivity contribution >= 4 is 0 Å². The van der Waals surface area contributed by atoms with E-state index in [9.17, 15) is 0 Å². The van der Waals surface area contributed by atoms with E-state index in [4.69, 9.17) is 4.74 Å². The van der Waals surface area contributed by atoms with Crippen molar-refractivity contribution in [3.63, 3.8) is 0 Å². The minimum absolute atomic E-state index is 0.434. The van der Waals surface area contributed by atoms with Gasteiger partial charge >= 0.3 is 0 Å². The van der Waals surface area contributed by atoms with Gasteiger partial charge in [0.05, 0.1) is 6.61 Å². The fourth-order valence-corrected chi connectivity index (χ4v) is 2.71. The normalized spacial score (nSPS) is 17.9. The number of nitrogens with zero attached hydrogens (tertiary/aromatic N) is 2. The van der Waals surface area contributed by atoms with Crippen molar-refractivity contribution in [3.05, 3.63) is 29.8 Å². The maximum atomic E-state index is 5.67. The van der Waals surface area contributed by atoms with Crippen LogP contribution in [0.15, 0.2) is 24.3 Å². The molecule has 1 fully saturated rings. The van der Waals surface area contributed by atoms with Gasteiger partial charge < -0.3 is 15.0 Å². The molecule has 0 spiro atoms. The van der Waals surface area contributed by atoms with Crippen LogP contribution in [0.2, 0.25) is 0 Å². The topological polar surface area (TPSA) is 27.7 Å². The molecule has 0 aromatic heterocycles. The number of piperazine rings is 1. The van der Waals surface area contributed by atoms with E-state index in [1.807, 2.05) is 0 Å². The number of benzene rings is 1. The summed E-state index contributed by atoms with van der Waals surface area (Å²) >= 11 is 0. The summed E-state index contributed by atoms with van der Waals surface area (Å²) in [6.07, 6.45) is 1.05. The van der Waals surface area contributed by atoms with Crippen molar-refractivity contribution in [2.75, 3.05) is 53.4 Å². The molecular weight excluding hydrogens is 262 g/mol. The van der Waals surface area contributed by atoms with E-state index in [1.165, 1.54) is 5.56 Å². The highest BCUT2D eigenvalue weighted by Crippen LogP contribution is 2.22. The Hall–Kier alpha value is -1.10. The zero-order chi connectivity index (χ0) is 15.1. The summed E-state index contributed by atoms with van der Waals surface area (Å²) < 4.78 is 5.67. The Balaban J connectivity index is 1.99. The molecule has 0 aliphatic carbocycles. The van der Waals surface area contributed by atoms with Crippen LogP contribution in [0.5, 0.6) is 5.75 Å². The molecule has 1 aliphatic heterocycles. The summed E-state index contributed by atoms with van der Waals surface area (Å²) in [6, 6.07) is 9.04. The zero-order valence-electron chi connectivity index (χ0n) is 13.6. The molecule has 1 aliphatic rings. The van der Waals surface area contributed by atoms with Crippen molar-refractivity contribution < 1.29 is 4.74 Å². The first kappa shape index (κ1) is 16.3. The molecule has 0 bridgehead atoms. The maximum absolute atomic E-state index is 5.67. The first-order valence-electron chi connectivity index (χ1n) is 8.03. The number of ether oxygens (including phenoxy) is 1. The lowest BCUT2D eigenvalue weighted by Crippen LogP contribution is -2.46. The van der Waals surface area contributed by atoms with E-state index in [1.54, 1.807) is 0 Å². The number of hydrogen-bond acceptors (Lipinski definition) is 4. The summed E-state index contributed by atoms with van der Waals surface area (Å²) in [6.45, 7) is 8.49. The van der Waals surface area contributed by atoms with Crippen LogP contribution in [0.3, 0.4) is 0 Å². The third-order valence-electron chi connectivity index (χ3n) is 4.00. The summed E-state index contributed by atoms with van der Waals surface area (Å²) in [5.74, 6) is 0.972. The molecule has 1 unspecified atom stereocenters. The van der Waals surface area contributed by atoms with Crippen molar-refractivity contribution in [3.8, 4) is 5.75 Å². The van der Waals surface area contributed by atoms with Gasteiger partial charge in [-0.1, -0.05) is 19.1 Å². The molecule has 0 saturated carbocycles. The van der Waals surface area contributed by atoms with E-state index in [0.717, 1.165) is 51.5 Å². The van der Waals surface area contributed by atoms with Gasteiger partial charge in [-0.3, -0.25) is 4.90 Å². The van der Waals surface area contributed by atoms with Crippen LogP contribution in [0.1, 0.15) is 24.9 Å². The van der Waals surface area contributed by atoms with Gasteiger partial charge in [-0.2, -0.15) is 0 Å². The number of hydrogen-bond donors (Lipinski definition) is 1. The van der Waals surface area contributed by atoms with E-state index in [-0.39, 0.29) is 0 Å². The first-order valence-corrected chi connectivity index (χ1v) is 8.03. The van der Waals surface area contributed by atoms with E-state index in [2.05, 4.69) is 60.4 Å². The van der Waals surface area contributed by atoms with Crippen molar-refractivity contribution in [1.29, 1.82) is 0 Å². The Kier molecular flexibility index (Phi) is 6.49. The lowest BCUT2D eigenvalue weighted by Gasteiger charge is -2.34. The highest BCUT2D eigenvalue weighted by atomic mass is 16.5. The Morgan fingerprint density at radius 3 is 2.43 bits per heavy atom. The molecule has 1 aromatic carbocycles. The molecule has 21 heavy (non-hydrogen) atoms. The molecule has 1 saturated heterocycles. The summed E-state index contributed by atoms with van der Waals surface area (Å²) in [5, 5.41) is 3.41. The molecule has 4 nitrogen and oxygen atoms in total. The average molecular weight is 291 g/mol. The van der Waals surface area contributed by atoms with Crippen LogP contribution in [-0.2, 0) is 0 Å².